The van der Waals surface area contributed by atoms with Gasteiger partial charge in [-0.2, -0.15) is 9.97 Å². The molecule has 2 rings (SSSR count). The van der Waals surface area contributed by atoms with Gasteiger partial charge in [-0.05, 0) is 13.8 Å². The van der Waals surface area contributed by atoms with Crippen LogP contribution in [0.25, 0.3) is 11.5 Å². The van der Waals surface area contributed by atoms with Gasteiger partial charge in [0, 0.05) is 5.38 Å². The molecule has 0 bridgehead atoms. The molecule has 0 aliphatic heterocycles. The number of anilines is 1. The van der Waals surface area contributed by atoms with Crippen molar-refractivity contribution in [3.63, 3.8) is 0 Å². The van der Waals surface area contributed by atoms with Gasteiger partial charge in [0.1, 0.15) is 11.5 Å². The number of hydrogen-bond acceptors (Lipinski definition) is 6. The zero-order valence-electron chi connectivity index (χ0n) is 7.85. The highest BCUT2D eigenvalue weighted by Crippen LogP contribution is 2.17. The van der Waals surface area contributed by atoms with Crippen molar-refractivity contribution in [3.05, 3.63) is 16.2 Å². The third kappa shape index (κ3) is 1.69. The standard InChI is InChI=1S/C8H9N5S/c1-4-10-7(13-8(9)11-4)6-3-14-5(2)12-6/h3H,1-2H3,(H2,9,10,11,13). The Hall–Kier alpha value is -1.56. The summed E-state index contributed by atoms with van der Waals surface area (Å²) in [5.41, 5.74) is 6.27. The number of nitrogens with zero attached hydrogens (tertiary/aromatic N) is 4. The maximum Gasteiger partial charge on any atom is 0.223 e. The van der Waals surface area contributed by atoms with Gasteiger partial charge in [0.15, 0.2) is 5.82 Å². The van der Waals surface area contributed by atoms with Crippen molar-refractivity contribution in [2.75, 3.05) is 5.73 Å². The first-order valence-electron chi connectivity index (χ1n) is 4.06. The maximum absolute atomic E-state index is 5.52. The Labute approximate surface area is 85.1 Å². The molecule has 0 aliphatic rings. The molecule has 0 radical (unpaired) electrons. The maximum atomic E-state index is 5.52. The first-order chi connectivity index (χ1) is 6.65. The van der Waals surface area contributed by atoms with Crippen LogP contribution in [0.1, 0.15) is 10.8 Å². The molecule has 0 aromatic carbocycles. The van der Waals surface area contributed by atoms with E-state index < -0.39 is 0 Å². The minimum absolute atomic E-state index is 0.234. The van der Waals surface area contributed by atoms with Crippen LogP contribution in [0.2, 0.25) is 0 Å². The van der Waals surface area contributed by atoms with Crippen LogP contribution in [-0.4, -0.2) is 19.9 Å². The van der Waals surface area contributed by atoms with Gasteiger partial charge in [-0.1, -0.05) is 0 Å². The summed E-state index contributed by atoms with van der Waals surface area (Å²) < 4.78 is 0. The number of hydrogen-bond donors (Lipinski definition) is 1. The van der Waals surface area contributed by atoms with E-state index in [0.717, 1.165) is 10.7 Å². The highest BCUT2D eigenvalue weighted by atomic mass is 32.1. The van der Waals surface area contributed by atoms with Gasteiger partial charge >= 0.3 is 0 Å². The number of nitrogen functional groups attached to an aromatic ring is 1. The average Bonchev–Trinajstić information content (AvgIpc) is 2.50. The van der Waals surface area contributed by atoms with E-state index in [-0.39, 0.29) is 5.95 Å². The fourth-order valence-electron chi connectivity index (χ4n) is 1.08. The molecular formula is C8H9N5S. The summed E-state index contributed by atoms with van der Waals surface area (Å²) in [6.07, 6.45) is 0. The van der Waals surface area contributed by atoms with E-state index in [0.29, 0.717) is 11.6 Å². The lowest BCUT2D eigenvalue weighted by atomic mass is 10.4. The molecule has 0 amide bonds. The van der Waals surface area contributed by atoms with Crippen molar-refractivity contribution < 1.29 is 0 Å². The minimum atomic E-state index is 0.234. The van der Waals surface area contributed by atoms with E-state index in [4.69, 9.17) is 5.73 Å². The van der Waals surface area contributed by atoms with Crippen molar-refractivity contribution in [1.29, 1.82) is 0 Å². The number of aryl methyl sites for hydroxylation is 2. The van der Waals surface area contributed by atoms with Crippen molar-refractivity contribution in [1.82, 2.24) is 19.9 Å². The predicted molar refractivity (Wildman–Crippen MR) is 54.8 cm³/mol. The summed E-state index contributed by atoms with van der Waals surface area (Å²) >= 11 is 1.56. The molecule has 2 aromatic rings. The van der Waals surface area contributed by atoms with E-state index in [1.165, 1.54) is 0 Å². The Morgan fingerprint density at radius 1 is 1.14 bits per heavy atom. The zero-order valence-corrected chi connectivity index (χ0v) is 8.67. The Bertz CT molecular complexity index is 444. The van der Waals surface area contributed by atoms with E-state index in [9.17, 15) is 0 Å². The molecule has 0 aliphatic carbocycles. The smallest absolute Gasteiger partial charge is 0.223 e. The molecule has 0 fully saturated rings. The molecular weight excluding hydrogens is 198 g/mol. The Kier molecular flexibility index (Phi) is 2.12. The molecule has 0 saturated carbocycles. The SMILES string of the molecule is Cc1nc(N)nc(-c2csc(C)n2)n1. The number of aromatic nitrogens is 4. The lowest BCUT2D eigenvalue weighted by molar-refractivity contribution is 0.989. The molecule has 2 N–H and O–H groups in total. The fourth-order valence-corrected chi connectivity index (χ4v) is 1.67. The molecule has 0 atom stereocenters. The molecule has 0 spiro atoms. The van der Waals surface area contributed by atoms with Crippen molar-refractivity contribution in [3.8, 4) is 11.5 Å². The van der Waals surface area contributed by atoms with Gasteiger partial charge in [0.25, 0.3) is 0 Å². The first-order valence-corrected chi connectivity index (χ1v) is 4.94. The molecule has 0 saturated heterocycles. The van der Waals surface area contributed by atoms with Gasteiger partial charge < -0.3 is 5.73 Å². The summed E-state index contributed by atoms with van der Waals surface area (Å²) in [7, 11) is 0. The first kappa shape index (κ1) is 9.01. The van der Waals surface area contributed by atoms with E-state index in [1.54, 1.807) is 18.3 Å². The van der Waals surface area contributed by atoms with Gasteiger partial charge in [0.05, 0.1) is 5.01 Å². The van der Waals surface area contributed by atoms with E-state index >= 15 is 0 Å². The van der Waals surface area contributed by atoms with E-state index in [1.807, 2.05) is 12.3 Å². The van der Waals surface area contributed by atoms with Gasteiger partial charge in [-0.25, -0.2) is 9.97 Å². The minimum Gasteiger partial charge on any atom is -0.368 e. The van der Waals surface area contributed by atoms with Crippen LogP contribution in [0.3, 0.4) is 0 Å². The molecule has 0 unspecified atom stereocenters. The average molecular weight is 207 g/mol. The van der Waals surface area contributed by atoms with Crippen molar-refractivity contribution >= 4 is 17.3 Å². The van der Waals surface area contributed by atoms with Crippen molar-refractivity contribution in [2.24, 2.45) is 0 Å². The summed E-state index contributed by atoms with van der Waals surface area (Å²) in [4.78, 5) is 16.3. The summed E-state index contributed by atoms with van der Waals surface area (Å²) in [6.45, 7) is 3.71. The molecule has 14 heavy (non-hydrogen) atoms. The normalized spacial score (nSPS) is 10.4. The number of rotatable bonds is 1. The number of thiazole rings is 1. The monoisotopic (exact) mass is 207 g/mol. The molecule has 2 heterocycles. The third-order valence-corrected chi connectivity index (χ3v) is 2.39. The summed E-state index contributed by atoms with van der Waals surface area (Å²) in [5, 5.41) is 2.89. The van der Waals surface area contributed by atoms with Crippen LogP contribution >= 0.6 is 11.3 Å². The lowest BCUT2D eigenvalue weighted by Crippen LogP contribution is -2.01. The highest BCUT2D eigenvalue weighted by molar-refractivity contribution is 7.09. The summed E-state index contributed by atoms with van der Waals surface area (Å²) in [6, 6.07) is 0. The molecule has 5 nitrogen and oxygen atoms in total. The molecule has 72 valence electrons. The Morgan fingerprint density at radius 2 is 1.93 bits per heavy atom. The fraction of sp³-hybridized carbons (Fsp3) is 0.250. The van der Waals surface area contributed by atoms with Crippen LogP contribution < -0.4 is 5.73 Å². The predicted octanol–water partition coefficient (Wildman–Crippen LogP) is 1.19. The van der Waals surface area contributed by atoms with Crippen LogP contribution in [0.5, 0.6) is 0 Å². The third-order valence-electron chi connectivity index (χ3n) is 1.61. The van der Waals surface area contributed by atoms with Crippen molar-refractivity contribution in [2.45, 2.75) is 13.8 Å². The topological polar surface area (TPSA) is 77.6 Å². The van der Waals surface area contributed by atoms with Gasteiger partial charge in [-0.3, -0.25) is 0 Å². The quantitative estimate of drug-likeness (QED) is 0.760. The second-order valence-corrected chi connectivity index (χ2v) is 3.88. The van der Waals surface area contributed by atoms with E-state index in [2.05, 4.69) is 19.9 Å². The Morgan fingerprint density at radius 3 is 2.50 bits per heavy atom. The van der Waals surface area contributed by atoms with Gasteiger partial charge in [0.2, 0.25) is 5.95 Å². The van der Waals surface area contributed by atoms with Crippen LogP contribution in [0.4, 0.5) is 5.95 Å². The second kappa shape index (κ2) is 3.30. The van der Waals surface area contributed by atoms with Crippen LogP contribution in [0.15, 0.2) is 5.38 Å². The second-order valence-electron chi connectivity index (χ2n) is 2.82. The lowest BCUT2D eigenvalue weighted by Gasteiger charge is -1.98. The highest BCUT2D eigenvalue weighted by Gasteiger charge is 2.07. The summed E-state index contributed by atoms with van der Waals surface area (Å²) in [5.74, 6) is 1.38. The Balaban J connectivity index is 2.51. The number of nitrogens with two attached hydrogens (primary N) is 1. The largest absolute Gasteiger partial charge is 0.368 e. The molecule has 2 aromatic heterocycles. The zero-order chi connectivity index (χ0) is 10.1. The van der Waals surface area contributed by atoms with Crippen LogP contribution in [-0.2, 0) is 0 Å². The van der Waals surface area contributed by atoms with Gasteiger partial charge in [-0.15, -0.1) is 11.3 Å². The molecule has 6 heteroatoms. The van der Waals surface area contributed by atoms with Crippen LogP contribution in [0, 0.1) is 13.8 Å².